The summed E-state index contributed by atoms with van der Waals surface area (Å²) in [5, 5.41) is 1.08. The van der Waals surface area contributed by atoms with Gasteiger partial charge >= 0.3 is 41.5 Å². The quantitative estimate of drug-likeness (QED) is 0.0667. The van der Waals surface area contributed by atoms with Crippen LogP contribution in [0.5, 0.6) is 11.8 Å². The van der Waals surface area contributed by atoms with E-state index >= 15 is 0 Å². The summed E-state index contributed by atoms with van der Waals surface area (Å²) in [5.41, 5.74) is 8.02. The van der Waals surface area contributed by atoms with Gasteiger partial charge in [0, 0.05) is 78.4 Å². The van der Waals surface area contributed by atoms with Crippen LogP contribution in [0.3, 0.4) is 0 Å². The van der Waals surface area contributed by atoms with E-state index in [1.165, 1.54) is 49.1 Å². The van der Waals surface area contributed by atoms with Crippen molar-refractivity contribution in [1.82, 2.24) is 34.7 Å². The number of hydrogen-bond acceptors (Lipinski definition) is 14. The van der Waals surface area contributed by atoms with Crippen LogP contribution in [-0.2, 0) is 44.7 Å². The molecule has 2 fully saturated rings. The second kappa shape index (κ2) is 28.2. The summed E-state index contributed by atoms with van der Waals surface area (Å²) in [5.74, 6) is 2.10. The molecule has 14 nitrogen and oxygen atoms in total. The molecule has 5 aromatic heterocycles. The normalized spacial score (nSPS) is 17.6. The molecule has 0 spiro atoms. The van der Waals surface area contributed by atoms with Crippen LogP contribution in [0, 0.1) is 11.8 Å². The number of pyridine rings is 5. The maximum Gasteiger partial charge on any atom is 1.00 e. The molecule has 68 heavy (non-hydrogen) atoms. The van der Waals surface area contributed by atoms with E-state index in [0.717, 1.165) is 99.0 Å². The summed E-state index contributed by atoms with van der Waals surface area (Å²) in [4.78, 5) is 52.2. The van der Waals surface area contributed by atoms with Crippen LogP contribution < -0.4 is 39.0 Å². The van der Waals surface area contributed by atoms with Crippen molar-refractivity contribution in [2.45, 2.75) is 116 Å². The molecule has 15 heteroatoms. The number of hydrogen-bond donors (Lipinski definition) is 0. The van der Waals surface area contributed by atoms with Crippen molar-refractivity contribution in [2.24, 2.45) is 11.8 Å². The van der Waals surface area contributed by atoms with Crippen LogP contribution in [0.25, 0.3) is 11.0 Å². The fraction of sp³-hybridized carbons (Fsp3) is 0.528. The van der Waals surface area contributed by atoms with Crippen LogP contribution in [-0.4, -0.2) is 106 Å². The minimum atomic E-state index is -0.169. The van der Waals surface area contributed by atoms with Gasteiger partial charge in [0.15, 0.2) is 5.65 Å². The zero-order valence-electron chi connectivity index (χ0n) is 41.0. The van der Waals surface area contributed by atoms with Gasteiger partial charge in [0.1, 0.15) is 0 Å². The van der Waals surface area contributed by atoms with Gasteiger partial charge in [-0.3, -0.25) is 24.4 Å². The number of carbonyl (C=O) groups excluding carboxylic acids is 2. The van der Waals surface area contributed by atoms with Gasteiger partial charge in [0.2, 0.25) is 11.8 Å². The Morgan fingerprint density at radius 3 is 1.75 bits per heavy atom. The molecule has 0 amide bonds. The van der Waals surface area contributed by atoms with Crippen molar-refractivity contribution < 1.29 is 63.6 Å². The number of ether oxygens (including phenoxy) is 4. The van der Waals surface area contributed by atoms with Gasteiger partial charge in [-0.15, -0.1) is 0 Å². The molecule has 2 saturated heterocycles. The molecule has 1 aliphatic carbocycles. The first-order chi connectivity index (χ1) is 32.3. The summed E-state index contributed by atoms with van der Waals surface area (Å²) in [6.07, 6.45) is 19.9. The number of esters is 2. The average Bonchev–Trinajstić information content (AvgIpc) is 4.03. The molecule has 360 valence electrons. The molecule has 7 heterocycles. The van der Waals surface area contributed by atoms with Gasteiger partial charge in [0.05, 0.1) is 40.3 Å². The molecule has 0 saturated carbocycles. The van der Waals surface area contributed by atoms with Crippen LogP contribution in [0.2, 0.25) is 0 Å². The number of aromatic nitrogens is 5. The Balaban J connectivity index is 0.000000247. The van der Waals surface area contributed by atoms with Crippen molar-refractivity contribution in [3.05, 3.63) is 113 Å². The monoisotopic (exact) mass is 940 g/mol. The third-order valence-electron chi connectivity index (χ3n) is 13.4. The Morgan fingerprint density at radius 2 is 1.22 bits per heavy atom. The van der Waals surface area contributed by atoms with Gasteiger partial charge in [-0.05, 0) is 163 Å². The van der Waals surface area contributed by atoms with Gasteiger partial charge < -0.3 is 24.4 Å². The Bertz CT molecular complexity index is 2300. The first-order valence-corrected chi connectivity index (χ1v) is 24.3. The van der Waals surface area contributed by atoms with Crippen LogP contribution in [0.15, 0.2) is 79.3 Å². The minimum absolute atomic E-state index is 0. The molecule has 0 radical (unpaired) electrons. The number of likely N-dealkylation sites (tertiary alicyclic amines) is 2. The second-order valence-electron chi connectivity index (χ2n) is 17.9. The molecule has 2 unspecified atom stereocenters. The zero-order valence-corrected chi connectivity index (χ0v) is 43.0. The Hall–Kier alpha value is -4.57. The summed E-state index contributed by atoms with van der Waals surface area (Å²) >= 11 is 0. The van der Waals surface area contributed by atoms with Gasteiger partial charge in [-0.2, -0.15) is 0 Å². The summed E-state index contributed by atoms with van der Waals surface area (Å²) in [6.45, 7) is 8.45. The molecule has 0 bridgehead atoms. The van der Waals surface area contributed by atoms with Crippen molar-refractivity contribution >= 4 is 23.0 Å². The van der Waals surface area contributed by atoms with Crippen molar-refractivity contribution in [3.8, 4) is 11.8 Å². The van der Waals surface area contributed by atoms with E-state index in [0.29, 0.717) is 49.7 Å². The van der Waals surface area contributed by atoms with Crippen LogP contribution >= 0.6 is 0 Å². The zero-order chi connectivity index (χ0) is 46.1. The third-order valence-corrected chi connectivity index (χ3v) is 13.4. The second-order valence-corrected chi connectivity index (χ2v) is 17.9. The minimum Gasteiger partial charge on any atom is -0.870 e. The van der Waals surface area contributed by atoms with E-state index in [1.807, 2.05) is 62.6 Å². The van der Waals surface area contributed by atoms with Gasteiger partial charge in [-0.1, -0.05) is 18.2 Å². The number of rotatable bonds is 20. The third kappa shape index (κ3) is 15.7. The number of carbonyl (C=O) groups is 2. The van der Waals surface area contributed by atoms with E-state index in [2.05, 4.69) is 49.0 Å². The van der Waals surface area contributed by atoms with Crippen molar-refractivity contribution in [1.29, 1.82) is 0 Å². The predicted octanol–water partition coefficient (Wildman–Crippen LogP) is 5.90. The Morgan fingerprint density at radius 1 is 0.676 bits per heavy atom. The first kappa shape index (κ1) is 54.4. The number of nitrogens with zero attached hydrogens (tertiary/aromatic N) is 7. The molecule has 5 aromatic rings. The van der Waals surface area contributed by atoms with E-state index in [4.69, 9.17) is 28.9 Å². The molecule has 8 rings (SSSR count). The van der Waals surface area contributed by atoms with Crippen molar-refractivity contribution in [3.63, 3.8) is 0 Å². The smallest absolute Gasteiger partial charge is 0.870 e. The molecular weight excluding hydrogens is 870 g/mol. The van der Waals surface area contributed by atoms with E-state index < -0.39 is 0 Å². The standard InChI is InChI=1S/C27H37N3O3.C26H32N4O3.Na.H2O/c1-3-33-27(31)17-25(22-12-14-26(32-2)28-18-22)30-16-15-20(19-30)7-6-9-23-13-11-21-8-4-5-10-24(21)29-23;1-3-33-25(31)16-23(21-10-12-24(32-2)28-17-21)30-15-13-19(18-30)6-4-8-22-11-9-20-7-5-14-27-26(20)29-22;;/h11-14,18,20,25H,3-10,15-17,19H2,1-2H3;5,7,9-12,14,17,19,23H,3-4,6,8,13,15-16,18H2,1-2H3;;1H2/q;;+1;/p-1/t20?,25-;19?,23-;;/m00../s1. The Labute approximate surface area is 425 Å². The van der Waals surface area contributed by atoms with Gasteiger partial charge in [-0.25, -0.2) is 19.9 Å². The maximum absolute atomic E-state index is 12.3. The molecule has 4 atom stereocenters. The molecule has 1 N–H and O–H groups in total. The fourth-order valence-electron chi connectivity index (χ4n) is 9.89. The summed E-state index contributed by atoms with van der Waals surface area (Å²) in [6, 6.07) is 20.4. The van der Waals surface area contributed by atoms with Gasteiger partial charge in [0.25, 0.3) is 0 Å². The molecule has 0 aromatic carbocycles. The summed E-state index contributed by atoms with van der Waals surface area (Å²) < 4.78 is 20.9. The molecule has 2 aliphatic heterocycles. The number of fused-ring (bicyclic) bond motifs is 2. The van der Waals surface area contributed by atoms with Crippen LogP contribution in [0.4, 0.5) is 0 Å². The summed E-state index contributed by atoms with van der Waals surface area (Å²) in [7, 11) is 3.22. The van der Waals surface area contributed by atoms with E-state index in [-0.39, 0.29) is 59.1 Å². The van der Waals surface area contributed by atoms with E-state index in [9.17, 15) is 9.59 Å². The SMILES string of the molecule is CCOC(=O)C[C@@H](c1ccc(OC)nc1)N1CCC(CCCc2ccc3c(n2)CCCC3)C1.CCOC(=O)C[C@@H](c1ccc(OC)nc1)N1CCC(CCCc2ccc3cccnc3n2)C1.[Na+].[OH-]. The fourth-order valence-corrected chi connectivity index (χ4v) is 9.89. The first-order valence-electron chi connectivity index (χ1n) is 24.3. The molecule has 3 aliphatic rings. The maximum atomic E-state index is 12.3. The largest absolute Gasteiger partial charge is 1.00 e. The molecular formula is C53H70N7NaO7. The van der Waals surface area contributed by atoms with Crippen LogP contribution in [0.1, 0.15) is 124 Å². The Kier molecular flexibility index (Phi) is 22.5. The van der Waals surface area contributed by atoms with Crippen molar-refractivity contribution in [2.75, 3.05) is 53.6 Å². The topological polar surface area (TPSA) is 172 Å². The number of aryl methyl sites for hydroxylation is 4. The van der Waals surface area contributed by atoms with E-state index in [1.54, 1.807) is 20.4 Å². The number of methoxy groups -OCH3 is 2. The average molecular weight is 940 g/mol. The predicted molar refractivity (Wildman–Crippen MR) is 257 cm³/mol.